The number of hydrogen-bond donors (Lipinski definition) is 1. The summed E-state index contributed by atoms with van der Waals surface area (Å²) in [6.07, 6.45) is -4.54. The van der Waals surface area contributed by atoms with Crippen LogP contribution >= 0.6 is 27.3 Å². The van der Waals surface area contributed by atoms with E-state index in [9.17, 15) is 13.2 Å². The lowest BCUT2D eigenvalue weighted by Crippen LogP contribution is -2.07. The first-order valence-corrected chi connectivity index (χ1v) is 9.61. The first kappa shape index (κ1) is 18.0. The summed E-state index contributed by atoms with van der Waals surface area (Å²) in [6.45, 7) is 0. The van der Waals surface area contributed by atoms with Gasteiger partial charge in [-0.1, -0.05) is 75.8 Å². The number of benzene rings is 3. The minimum atomic E-state index is -4.54. The summed E-state index contributed by atoms with van der Waals surface area (Å²) in [5.74, 6) is 0. The van der Waals surface area contributed by atoms with Crippen LogP contribution in [0.4, 0.5) is 24.0 Å². The van der Waals surface area contributed by atoms with Gasteiger partial charge in [-0.25, -0.2) is 4.98 Å². The quantitative estimate of drug-likeness (QED) is 0.351. The van der Waals surface area contributed by atoms with E-state index in [1.807, 2.05) is 36.4 Å². The van der Waals surface area contributed by atoms with Crippen LogP contribution in [0.2, 0.25) is 0 Å². The maximum atomic E-state index is 13.7. The standard InChI is InChI=1S/C20H12BrF3N2S/c21-13-7-4-8-14(11-13)25-19-26-18(20(22,23)24)17(27-19)16-10-3-6-12-5-1-2-9-15(12)16/h1-11H,(H,25,26). The van der Waals surface area contributed by atoms with Gasteiger partial charge in [0.15, 0.2) is 10.8 Å². The van der Waals surface area contributed by atoms with Crippen molar-refractivity contribution in [3.8, 4) is 10.4 Å². The van der Waals surface area contributed by atoms with Crippen molar-refractivity contribution in [1.29, 1.82) is 0 Å². The molecule has 4 aromatic rings. The van der Waals surface area contributed by atoms with Crippen LogP contribution in [0.5, 0.6) is 0 Å². The normalized spacial score (nSPS) is 11.7. The van der Waals surface area contributed by atoms with Gasteiger partial charge in [0, 0.05) is 15.7 Å². The molecule has 0 spiro atoms. The molecular formula is C20H12BrF3N2S. The lowest BCUT2D eigenvalue weighted by molar-refractivity contribution is -0.140. The molecule has 136 valence electrons. The highest BCUT2D eigenvalue weighted by Gasteiger charge is 2.38. The summed E-state index contributed by atoms with van der Waals surface area (Å²) in [4.78, 5) is 3.96. The molecule has 3 aromatic carbocycles. The van der Waals surface area contributed by atoms with E-state index in [4.69, 9.17) is 0 Å². The molecule has 0 saturated carbocycles. The zero-order chi connectivity index (χ0) is 19.0. The first-order valence-electron chi connectivity index (χ1n) is 8.00. The van der Waals surface area contributed by atoms with Crippen LogP contribution in [0, 0.1) is 0 Å². The Hall–Kier alpha value is -2.38. The number of nitrogens with zero attached hydrogens (tertiary/aromatic N) is 1. The van der Waals surface area contributed by atoms with Crippen molar-refractivity contribution >= 4 is 48.9 Å². The third-order valence-corrected chi connectivity index (χ3v) is 5.50. The van der Waals surface area contributed by atoms with Crippen molar-refractivity contribution in [2.24, 2.45) is 0 Å². The summed E-state index contributed by atoms with van der Waals surface area (Å²) in [5, 5.41) is 4.82. The van der Waals surface area contributed by atoms with Crippen LogP contribution in [0.1, 0.15) is 5.69 Å². The Kier molecular flexibility index (Phi) is 4.65. The number of alkyl halides is 3. The summed E-state index contributed by atoms with van der Waals surface area (Å²) < 4.78 is 41.8. The topological polar surface area (TPSA) is 24.9 Å². The Morgan fingerprint density at radius 2 is 1.67 bits per heavy atom. The second kappa shape index (κ2) is 6.98. The summed E-state index contributed by atoms with van der Waals surface area (Å²) >= 11 is 4.35. The molecule has 1 aromatic heterocycles. The molecule has 0 saturated heterocycles. The Labute approximate surface area is 165 Å². The Morgan fingerprint density at radius 1 is 0.926 bits per heavy atom. The highest BCUT2D eigenvalue weighted by Crippen LogP contribution is 2.44. The third-order valence-electron chi connectivity index (χ3n) is 4.01. The molecule has 0 amide bonds. The van der Waals surface area contributed by atoms with Crippen molar-refractivity contribution < 1.29 is 13.2 Å². The van der Waals surface area contributed by atoms with Crippen molar-refractivity contribution in [3.63, 3.8) is 0 Å². The smallest absolute Gasteiger partial charge is 0.331 e. The van der Waals surface area contributed by atoms with E-state index in [0.29, 0.717) is 11.3 Å². The van der Waals surface area contributed by atoms with E-state index in [-0.39, 0.29) is 10.0 Å². The van der Waals surface area contributed by atoms with Gasteiger partial charge in [0.2, 0.25) is 0 Å². The maximum absolute atomic E-state index is 13.7. The molecule has 0 fully saturated rings. The second-order valence-electron chi connectivity index (χ2n) is 5.86. The third kappa shape index (κ3) is 3.70. The van der Waals surface area contributed by atoms with Gasteiger partial charge in [0.05, 0.1) is 4.88 Å². The van der Waals surface area contributed by atoms with Gasteiger partial charge in [-0.05, 0) is 29.0 Å². The highest BCUT2D eigenvalue weighted by molar-refractivity contribution is 9.10. The van der Waals surface area contributed by atoms with Crippen LogP contribution in [0.3, 0.4) is 0 Å². The van der Waals surface area contributed by atoms with Gasteiger partial charge < -0.3 is 5.32 Å². The molecule has 2 nitrogen and oxygen atoms in total. The molecule has 4 rings (SSSR count). The van der Waals surface area contributed by atoms with Gasteiger partial charge in [-0.3, -0.25) is 0 Å². The predicted molar refractivity (Wildman–Crippen MR) is 107 cm³/mol. The Bertz CT molecular complexity index is 1120. The van der Waals surface area contributed by atoms with E-state index in [1.54, 1.807) is 30.3 Å². The minimum Gasteiger partial charge on any atom is -0.331 e. The molecule has 0 unspecified atom stereocenters. The first-order chi connectivity index (χ1) is 12.9. The van der Waals surface area contributed by atoms with Gasteiger partial charge in [-0.15, -0.1) is 0 Å². The average molecular weight is 449 g/mol. The fourth-order valence-electron chi connectivity index (χ4n) is 2.86. The number of fused-ring (bicyclic) bond motifs is 1. The van der Waals surface area contributed by atoms with Gasteiger partial charge in [0.25, 0.3) is 0 Å². The SMILES string of the molecule is FC(F)(F)c1nc(Nc2cccc(Br)c2)sc1-c1cccc2ccccc12. The molecule has 0 aliphatic carbocycles. The minimum absolute atomic E-state index is 0.108. The van der Waals surface area contributed by atoms with Crippen molar-refractivity contribution in [2.45, 2.75) is 6.18 Å². The number of aromatic nitrogens is 1. The van der Waals surface area contributed by atoms with E-state index in [2.05, 4.69) is 26.2 Å². The molecule has 0 radical (unpaired) electrons. The number of thiazole rings is 1. The highest BCUT2D eigenvalue weighted by atomic mass is 79.9. The number of nitrogens with one attached hydrogen (secondary N) is 1. The Balaban J connectivity index is 1.85. The molecule has 7 heteroatoms. The van der Waals surface area contributed by atoms with E-state index in [0.717, 1.165) is 26.6 Å². The van der Waals surface area contributed by atoms with Gasteiger partial charge in [-0.2, -0.15) is 13.2 Å². The number of rotatable bonds is 3. The van der Waals surface area contributed by atoms with Crippen molar-refractivity contribution in [1.82, 2.24) is 4.98 Å². The van der Waals surface area contributed by atoms with Crippen LogP contribution in [-0.2, 0) is 6.18 Å². The summed E-state index contributed by atoms with van der Waals surface area (Å²) in [6, 6.07) is 19.9. The molecule has 1 heterocycles. The van der Waals surface area contributed by atoms with Gasteiger partial charge in [0.1, 0.15) is 0 Å². The van der Waals surface area contributed by atoms with E-state index < -0.39 is 11.9 Å². The van der Waals surface area contributed by atoms with Crippen LogP contribution in [0.15, 0.2) is 71.2 Å². The lowest BCUT2D eigenvalue weighted by atomic mass is 10.0. The summed E-state index contributed by atoms with van der Waals surface area (Å²) in [7, 11) is 0. The number of halogens is 4. The van der Waals surface area contributed by atoms with Gasteiger partial charge >= 0.3 is 6.18 Å². The number of hydrogen-bond acceptors (Lipinski definition) is 3. The second-order valence-corrected chi connectivity index (χ2v) is 7.77. The molecule has 27 heavy (non-hydrogen) atoms. The fourth-order valence-corrected chi connectivity index (χ4v) is 4.31. The predicted octanol–water partition coefficient (Wildman–Crippen LogP) is 7.49. The van der Waals surface area contributed by atoms with Crippen LogP contribution < -0.4 is 5.32 Å². The van der Waals surface area contributed by atoms with E-state index >= 15 is 0 Å². The fraction of sp³-hybridized carbons (Fsp3) is 0.0500. The monoisotopic (exact) mass is 448 g/mol. The molecular weight excluding hydrogens is 437 g/mol. The Morgan fingerprint density at radius 3 is 2.44 bits per heavy atom. The summed E-state index contributed by atoms with van der Waals surface area (Å²) in [5.41, 5.74) is 0.317. The van der Waals surface area contributed by atoms with E-state index in [1.165, 1.54) is 0 Å². The molecule has 0 aliphatic heterocycles. The molecule has 0 aliphatic rings. The largest absolute Gasteiger partial charge is 0.434 e. The maximum Gasteiger partial charge on any atom is 0.434 e. The molecule has 0 atom stereocenters. The molecule has 0 bridgehead atoms. The molecule has 1 N–H and O–H groups in total. The number of anilines is 2. The van der Waals surface area contributed by atoms with Crippen molar-refractivity contribution in [2.75, 3.05) is 5.32 Å². The van der Waals surface area contributed by atoms with Crippen LogP contribution in [-0.4, -0.2) is 4.98 Å². The lowest BCUT2D eigenvalue weighted by Gasteiger charge is -2.08. The van der Waals surface area contributed by atoms with Crippen LogP contribution in [0.25, 0.3) is 21.2 Å². The zero-order valence-electron chi connectivity index (χ0n) is 13.7. The average Bonchev–Trinajstić information content (AvgIpc) is 3.05. The van der Waals surface area contributed by atoms with Crippen molar-refractivity contribution in [3.05, 3.63) is 76.9 Å². The zero-order valence-corrected chi connectivity index (χ0v) is 16.1.